The molecular weight excluding hydrogens is 312 g/mol. The molecule has 0 amide bonds. The van der Waals surface area contributed by atoms with E-state index in [0.717, 1.165) is 29.2 Å². The van der Waals surface area contributed by atoms with E-state index in [4.69, 9.17) is 4.74 Å². The Morgan fingerprint density at radius 3 is 2.04 bits per heavy atom. The standard InChI is InChI=1S/C21H26N2O2/c1-21(2,3)20(24)15-8-16-6-11-18(12-7-16)25-19-13-9-17(10-14-19)22-23(4)5/h6-7,9-14H,4,8,15H2,1-3,5H3. The number of aryl methyl sites for hydroxylation is 1. The smallest absolute Gasteiger partial charge is 0.138 e. The first-order valence-corrected chi connectivity index (χ1v) is 8.40. The largest absolute Gasteiger partial charge is 0.457 e. The third-order valence-electron chi connectivity index (χ3n) is 3.76. The second kappa shape index (κ2) is 7.97. The van der Waals surface area contributed by atoms with Crippen LogP contribution in [0.5, 0.6) is 11.5 Å². The third kappa shape index (κ3) is 6.07. The van der Waals surface area contributed by atoms with Crippen LogP contribution in [-0.4, -0.2) is 24.2 Å². The zero-order valence-corrected chi connectivity index (χ0v) is 15.5. The molecule has 2 aromatic rings. The zero-order valence-electron chi connectivity index (χ0n) is 15.5. The van der Waals surface area contributed by atoms with Gasteiger partial charge in [-0.3, -0.25) is 9.48 Å². The number of hydrogen-bond donors (Lipinski definition) is 0. The van der Waals surface area contributed by atoms with Crippen molar-refractivity contribution in [2.45, 2.75) is 33.6 Å². The van der Waals surface area contributed by atoms with Crippen LogP contribution in [0.25, 0.3) is 5.43 Å². The normalized spacial score (nSPS) is 11.0. The van der Waals surface area contributed by atoms with Crippen molar-refractivity contribution in [3.63, 3.8) is 0 Å². The minimum Gasteiger partial charge on any atom is -0.457 e. The number of carbonyl (C=O) groups excluding carboxylic acids is 1. The lowest BCUT2D eigenvalue weighted by atomic mass is 9.87. The van der Waals surface area contributed by atoms with Crippen molar-refractivity contribution >= 4 is 18.2 Å². The van der Waals surface area contributed by atoms with Gasteiger partial charge in [0.1, 0.15) is 31.0 Å². The van der Waals surface area contributed by atoms with E-state index in [1.807, 2.05) is 69.3 Å². The van der Waals surface area contributed by atoms with Crippen molar-refractivity contribution in [1.29, 1.82) is 0 Å². The molecule has 132 valence electrons. The van der Waals surface area contributed by atoms with Gasteiger partial charge in [0.15, 0.2) is 0 Å². The molecule has 4 nitrogen and oxygen atoms in total. The van der Waals surface area contributed by atoms with Gasteiger partial charge < -0.3 is 10.2 Å². The summed E-state index contributed by atoms with van der Waals surface area (Å²) in [7, 11) is 1.78. The Bertz CT molecular complexity index is 726. The highest BCUT2D eigenvalue weighted by atomic mass is 16.5. The molecule has 0 spiro atoms. The van der Waals surface area contributed by atoms with Gasteiger partial charge in [-0.05, 0) is 36.2 Å². The summed E-state index contributed by atoms with van der Waals surface area (Å²) >= 11 is 0. The molecule has 0 aromatic heterocycles. The number of carbonyl (C=O) groups is 1. The van der Waals surface area contributed by atoms with E-state index in [2.05, 4.69) is 12.1 Å². The SMILES string of the molecule is C=[N+](C)[N-]c1ccc(Oc2ccc(CCC(=O)C(C)(C)C)cc2)cc1. The van der Waals surface area contributed by atoms with Gasteiger partial charge in [0.2, 0.25) is 0 Å². The number of rotatable bonds is 7. The van der Waals surface area contributed by atoms with Crippen molar-refractivity contribution in [2.75, 3.05) is 7.05 Å². The van der Waals surface area contributed by atoms with Crippen molar-refractivity contribution in [2.24, 2.45) is 5.41 Å². The Hall–Kier alpha value is -2.62. The van der Waals surface area contributed by atoms with E-state index in [9.17, 15) is 4.79 Å². The fraction of sp³-hybridized carbons (Fsp3) is 0.333. The summed E-state index contributed by atoms with van der Waals surface area (Å²) < 4.78 is 7.35. The summed E-state index contributed by atoms with van der Waals surface area (Å²) in [4.78, 5) is 12.0. The predicted octanol–water partition coefficient (Wildman–Crippen LogP) is 5.29. The molecule has 2 aromatic carbocycles. The maximum atomic E-state index is 12.0. The Morgan fingerprint density at radius 1 is 1.04 bits per heavy atom. The van der Waals surface area contributed by atoms with E-state index in [0.29, 0.717) is 6.42 Å². The number of ether oxygens (including phenoxy) is 1. The van der Waals surface area contributed by atoms with Crippen LogP contribution < -0.4 is 4.74 Å². The molecule has 0 aliphatic heterocycles. The molecule has 0 heterocycles. The lowest BCUT2D eigenvalue weighted by Gasteiger charge is -2.16. The van der Waals surface area contributed by atoms with Crippen LogP contribution in [0.4, 0.5) is 5.69 Å². The second-order valence-electron chi connectivity index (χ2n) is 7.17. The van der Waals surface area contributed by atoms with Gasteiger partial charge in [-0.2, -0.15) is 0 Å². The highest BCUT2D eigenvalue weighted by Crippen LogP contribution is 2.26. The van der Waals surface area contributed by atoms with E-state index >= 15 is 0 Å². The highest BCUT2D eigenvalue weighted by molar-refractivity contribution is 5.83. The minimum atomic E-state index is -0.274. The molecule has 2 rings (SSSR count). The van der Waals surface area contributed by atoms with Crippen LogP contribution in [0.3, 0.4) is 0 Å². The Balaban J connectivity index is 1.91. The highest BCUT2D eigenvalue weighted by Gasteiger charge is 2.20. The minimum absolute atomic E-state index is 0.274. The molecule has 0 saturated carbocycles. The molecule has 0 fully saturated rings. The van der Waals surface area contributed by atoms with E-state index in [1.54, 1.807) is 7.05 Å². The molecule has 0 atom stereocenters. The molecular formula is C21H26N2O2. The van der Waals surface area contributed by atoms with E-state index in [1.165, 1.54) is 4.68 Å². The molecule has 0 bridgehead atoms. The summed E-state index contributed by atoms with van der Waals surface area (Å²) in [5.41, 5.74) is 5.90. The average molecular weight is 338 g/mol. The van der Waals surface area contributed by atoms with E-state index in [-0.39, 0.29) is 11.2 Å². The number of hydrogen-bond acceptors (Lipinski definition) is 2. The molecule has 0 saturated heterocycles. The number of nitrogens with zero attached hydrogens (tertiary/aromatic N) is 2. The number of ketones is 1. The van der Waals surface area contributed by atoms with Gasteiger partial charge in [0, 0.05) is 11.8 Å². The summed E-state index contributed by atoms with van der Waals surface area (Å²) in [6.45, 7) is 9.56. The maximum absolute atomic E-state index is 12.0. The van der Waals surface area contributed by atoms with Gasteiger partial charge in [-0.25, -0.2) is 0 Å². The Kier molecular flexibility index (Phi) is 5.97. The zero-order chi connectivity index (χ0) is 18.4. The lowest BCUT2D eigenvalue weighted by Crippen LogP contribution is -2.20. The summed E-state index contributed by atoms with van der Waals surface area (Å²) in [5.74, 6) is 1.80. The molecule has 25 heavy (non-hydrogen) atoms. The van der Waals surface area contributed by atoms with Crippen molar-refractivity contribution < 1.29 is 14.2 Å². The van der Waals surface area contributed by atoms with Crippen molar-refractivity contribution in [3.8, 4) is 11.5 Å². The van der Waals surface area contributed by atoms with Gasteiger partial charge >= 0.3 is 0 Å². The second-order valence-corrected chi connectivity index (χ2v) is 7.17. The van der Waals surface area contributed by atoms with Gasteiger partial charge in [0.05, 0.1) is 0 Å². The lowest BCUT2D eigenvalue weighted by molar-refractivity contribution is -0.428. The van der Waals surface area contributed by atoms with Crippen LogP contribution >= 0.6 is 0 Å². The van der Waals surface area contributed by atoms with Crippen LogP contribution in [0.1, 0.15) is 32.8 Å². The topological polar surface area (TPSA) is 43.4 Å². The first-order valence-electron chi connectivity index (χ1n) is 8.40. The predicted molar refractivity (Wildman–Crippen MR) is 102 cm³/mol. The first kappa shape index (κ1) is 18.7. The summed E-state index contributed by atoms with van der Waals surface area (Å²) in [5, 5.41) is 0. The van der Waals surface area contributed by atoms with Gasteiger partial charge in [0.25, 0.3) is 0 Å². The summed E-state index contributed by atoms with van der Waals surface area (Å²) in [6.07, 6.45) is 1.32. The van der Waals surface area contributed by atoms with Crippen LogP contribution in [-0.2, 0) is 11.2 Å². The maximum Gasteiger partial charge on any atom is 0.138 e. The van der Waals surface area contributed by atoms with Crippen molar-refractivity contribution in [3.05, 3.63) is 59.5 Å². The summed E-state index contributed by atoms with van der Waals surface area (Å²) in [6, 6.07) is 15.4. The Labute approximate surface area is 150 Å². The van der Waals surface area contributed by atoms with Gasteiger partial charge in [-0.1, -0.05) is 50.7 Å². The van der Waals surface area contributed by atoms with Crippen LogP contribution in [0, 0.1) is 5.41 Å². The fourth-order valence-electron chi connectivity index (χ4n) is 2.27. The molecule has 0 radical (unpaired) electrons. The molecule has 0 aliphatic carbocycles. The quantitative estimate of drug-likeness (QED) is 0.391. The monoisotopic (exact) mass is 338 g/mol. The van der Waals surface area contributed by atoms with Crippen molar-refractivity contribution in [1.82, 2.24) is 0 Å². The number of benzene rings is 2. The van der Waals surface area contributed by atoms with Crippen LogP contribution in [0.15, 0.2) is 48.5 Å². The van der Waals surface area contributed by atoms with Crippen LogP contribution in [0.2, 0.25) is 0 Å². The third-order valence-corrected chi connectivity index (χ3v) is 3.76. The average Bonchev–Trinajstić information content (AvgIpc) is 2.54. The number of Topliss-reactive ketones (excluding diaryl/α,β-unsaturated/α-hetero) is 1. The molecule has 0 N–H and O–H groups in total. The molecule has 0 aliphatic rings. The van der Waals surface area contributed by atoms with E-state index < -0.39 is 0 Å². The molecule has 0 unspecified atom stereocenters. The Morgan fingerprint density at radius 2 is 1.56 bits per heavy atom. The fourth-order valence-corrected chi connectivity index (χ4v) is 2.27. The molecule has 4 heteroatoms. The first-order chi connectivity index (χ1) is 11.7. The van der Waals surface area contributed by atoms with Gasteiger partial charge in [-0.15, -0.1) is 0 Å².